The van der Waals surface area contributed by atoms with Crippen LogP contribution in [0.5, 0.6) is 5.75 Å². The van der Waals surface area contributed by atoms with Crippen LogP contribution in [-0.4, -0.2) is 27.1 Å². The van der Waals surface area contributed by atoms with E-state index in [1.54, 1.807) is 0 Å². The van der Waals surface area contributed by atoms with Gasteiger partial charge in [0, 0.05) is 28.8 Å². The van der Waals surface area contributed by atoms with Gasteiger partial charge >= 0.3 is 5.97 Å². The lowest BCUT2D eigenvalue weighted by Crippen LogP contribution is -2.29. The number of amides is 1. The van der Waals surface area contributed by atoms with Crippen LogP contribution < -0.4 is 5.32 Å². The SMILES string of the molecule is Cc1cc2c(cc1NC(=O)c1cc(O)c(C(=O)O)cn1)C(C)(C)C=CC2(C)C. The van der Waals surface area contributed by atoms with Crippen molar-refractivity contribution in [2.45, 2.75) is 45.4 Å². The zero-order valence-electron chi connectivity index (χ0n) is 16.6. The summed E-state index contributed by atoms with van der Waals surface area (Å²) >= 11 is 0. The van der Waals surface area contributed by atoms with Gasteiger partial charge in [0.25, 0.3) is 5.91 Å². The number of fused-ring (bicyclic) bond motifs is 1. The second kappa shape index (κ2) is 6.48. The summed E-state index contributed by atoms with van der Waals surface area (Å²) in [6.07, 6.45) is 5.37. The number of carboxylic acid groups (broad SMARTS) is 1. The number of pyridine rings is 1. The molecule has 0 spiro atoms. The van der Waals surface area contributed by atoms with Gasteiger partial charge in [0.05, 0.1) is 0 Å². The van der Waals surface area contributed by atoms with Crippen molar-refractivity contribution in [3.05, 3.63) is 64.5 Å². The van der Waals surface area contributed by atoms with Crippen LogP contribution in [0.2, 0.25) is 0 Å². The summed E-state index contributed by atoms with van der Waals surface area (Å²) in [5.41, 5.74) is 3.26. The Morgan fingerprint density at radius 2 is 1.57 bits per heavy atom. The molecule has 3 rings (SSSR count). The van der Waals surface area contributed by atoms with Crippen molar-refractivity contribution < 1.29 is 19.8 Å². The molecule has 6 heteroatoms. The average molecular weight is 380 g/mol. The third-order valence-corrected chi connectivity index (χ3v) is 5.26. The molecule has 0 aliphatic heterocycles. The molecule has 0 bridgehead atoms. The van der Waals surface area contributed by atoms with Crippen LogP contribution in [0.3, 0.4) is 0 Å². The molecule has 1 amide bonds. The summed E-state index contributed by atoms with van der Waals surface area (Å²) in [6, 6.07) is 5.14. The van der Waals surface area contributed by atoms with E-state index >= 15 is 0 Å². The number of aromatic hydroxyl groups is 1. The number of aromatic carboxylic acids is 1. The maximum absolute atomic E-state index is 12.6. The Hall–Kier alpha value is -3.15. The highest BCUT2D eigenvalue weighted by molar-refractivity contribution is 6.04. The van der Waals surface area contributed by atoms with Crippen LogP contribution in [-0.2, 0) is 10.8 Å². The number of aryl methyl sites for hydroxylation is 1. The monoisotopic (exact) mass is 380 g/mol. The lowest BCUT2D eigenvalue weighted by Gasteiger charge is -2.37. The fourth-order valence-corrected chi connectivity index (χ4v) is 3.43. The number of carbonyl (C=O) groups excluding carboxylic acids is 1. The molecule has 1 aromatic heterocycles. The highest BCUT2D eigenvalue weighted by Crippen LogP contribution is 2.43. The van der Waals surface area contributed by atoms with Crippen LogP contribution >= 0.6 is 0 Å². The number of aromatic nitrogens is 1. The molecule has 1 aliphatic carbocycles. The van der Waals surface area contributed by atoms with Crippen LogP contribution in [0.4, 0.5) is 5.69 Å². The van der Waals surface area contributed by atoms with Crippen LogP contribution in [0, 0.1) is 6.92 Å². The van der Waals surface area contributed by atoms with E-state index in [-0.39, 0.29) is 22.1 Å². The van der Waals surface area contributed by atoms with Gasteiger partial charge < -0.3 is 15.5 Å². The maximum Gasteiger partial charge on any atom is 0.341 e. The van der Waals surface area contributed by atoms with Gasteiger partial charge in [-0.25, -0.2) is 9.78 Å². The summed E-state index contributed by atoms with van der Waals surface area (Å²) in [6.45, 7) is 10.5. The molecule has 1 aromatic carbocycles. The molecule has 28 heavy (non-hydrogen) atoms. The predicted molar refractivity (Wildman–Crippen MR) is 107 cm³/mol. The van der Waals surface area contributed by atoms with E-state index in [4.69, 9.17) is 5.11 Å². The van der Waals surface area contributed by atoms with Gasteiger partial charge in [0.15, 0.2) is 0 Å². The fourth-order valence-electron chi connectivity index (χ4n) is 3.43. The van der Waals surface area contributed by atoms with Crippen molar-refractivity contribution >= 4 is 17.6 Å². The second-order valence-corrected chi connectivity index (χ2v) is 8.34. The Morgan fingerprint density at radius 1 is 1.00 bits per heavy atom. The van der Waals surface area contributed by atoms with Crippen molar-refractivity contribution in [2.24, 2.45) is 0 Å². The highest BCUT2D eigenvalue weighted by atomic mass is 16.4. The molecule has 0 saturated carbocycles. The molecule has 3 N–H and O–H groups in total. The predicted octanol–water partition coefficient (Wildman–Crippen LogP) is 4.17. The molecule has 2 aromatic rings. The van der Waals surface area contributed by atoms with Gasteiger partial charge in [-0.05, 0) is 29.7 Å². The van der Waals surface area contributed by atoms with Crippen molar-refractivity contribution in [2.75, 3.05) is 5.32 Å². The summed E-state index contributed by atoms with van der Waals surface area (Å²) in [4.78, 5) is 27.5. The third kappa shape index (κ3) is 3.38. The number of nitrogens with zero attached hydrogens (tertiary/aromatic N) is 1. The van der Waals surface area contributed by atoms with E-state index in [0.717, 1.165) is 23.4 Å². The van der Waals surface area contributed by atoms with Gasteiger partial charge in [-0.2, -0.15) is 0 Å². The standard InChI is InChI=1S/C22H24N2O4/c1-12-8-14-15(22(4,5)7-6-21(14,2)3)9-16(12)24-19(26)17-10-18(25)13(11-23-17)20(27)28/h6-11H,1-5H3,(H,23,25)(H,24,26)(H,27,28). The van der Waals surface area contributed by atoms with Crippen LogP contribution in [0.25, 0.3) is 0 Å². The van der Waals surface area contributed by atoms with Gasteiger partial charge in [-0.15, -0.1) is 0 Å². The number of carboxylic acids is 1. The third-order valence-electron chi connectivity index (χ3n) is 5.26. The number of nitrogens with one attached hydrogen (secondary N) is 1. The number of rotatable bonds is 3. The normalized spacial score (nSPS) is 16.3. The van der Waals surface area contributed by atoms with E-state index in [9.17, 15) is 14.7 Å². The van der Waals surface area contributed by atoms with Crippen molar-refractivity contribution in [1.82, 2.24) is 4.98 Å². The Balaban J connectivity index is 1.97. The molecular formula is C22H24N2O4. The number of allylic oxidation sites excluding steroid dienone is 2. The highest BCUT2D eigenvalue weighted by Gasteiger charge is 2.33. The zero-order valence-corrected chi connectivity index (χ0v) is 16.6. The summed E-state index contributed by atoms with van der Waals surface area (Å²) in [5.74, 6) is -2.32. The van der Waals surface area contributed by atoms with Crippen molar-refractivity contribution in [3.63, 3.8) is 0 Å². The van der Waals surface area contributed by atoms with Crippen LogP contribution in [0.1, 0.15) is 65.2 Å². The molecular weight excluding hydrogens is 356 g/mol. The minimum absolute atomic E-state index is 0.0564. The number of hydrogen-bond acceptors (Lipinski definition) is 4. The van der Waals surface area contributed by atoms with Crippen LogP contribution in [0.15, 0.2) is 36.5 Å². The summed E-state index contributed by atoms with van der Waals surface area (Å²) < 4.78 is 0. The van der Waals surface area contributed by atoms with Gasteiger partial charge in [0.2, 0.25) is 0 Å². The first-order valence-corrected chi connectivity index (χ1v) is 9.02. The minimum atomic E-state index is -1.31. The smallest absolute Gasteiger partial charge is 0.341 e. The Morgan fingerprint density at radius 3 is 2.11 bits per heavy atom. The van der Waals surface area contributed by atoms with E-state index in [2.05, 4.69) is 56.2 Å². The maximum atomic E-state index is 12.6. The van der Waals surface area contributed by atoms with Gasteiger partial charge in [-0.1, -0.05) is 45.9 Å². The van der Waals surface area contributed by atoms with E-state index in [0.29, 0.717) is 5.69 Å². The number of hydrogen-bond donors (Lipinski definition) is 3. The molecule has 0 radical (unpaired) electrons. The second-order valence-electron chi connectivity index (χ2n) is 8.34. The molecule has 1 aliphatic rings. The summed E-state index contributed by atoms with van der Waals surface area (Å²) in [7, 11) is 0. The largest absolute Gasteiger partial charge is 0.507 e. The zero-order chi connectivity index (χ0) is 20.9. The molecule has 6 nitrogen and oxygen atoms in total. The number of carbonyl (C=O) groups is 2. The Kier molecular flexibility index (Phi) is 4.54. The first-order chi connectivity index (χ1) is 12.9. The lowest BCUT2D eigenvalue weighted by molar-refractivity contribution is 0.0692. The average Bonchev–Trinajstić information content (AvgIpc) is 2.60. The summed E-state index contributed by atoms with van der Waals surface area (Å²) in [5, 5.41) is 21.6. The topological polar surface area (TPSA) is 99.5 Å². The Labute approximate surface area is 163 Å². The fraction of sp³-hybridized carbons (Fsp3) is 0.318. The quantitative estimate of drug-likeness (QED) is 0.694. The van der Waals surface area contributed by atoms with E-state index in [1.165, 1.54) is 5.56 Å². The van der Waals surface area contributed by atoms with E-state index < -0.39 is 17.6 Å². The minimum Gasteiger partial charge on any atom is -0.507 e. The Bertz CT molecular complexity index is 1020. The van der Waals surface area contributed by atoms with Crippen molar-refractivity contribution in [1.29, 1.82) is 0 Å². The molecule has 0 unspecified atom stereocenters. The first-order valence-electron chi connectivity index (χ1n) is 9.02. The molecule has 1 heterocycles. The molecule has 0 fully saturated rings. The molecule has 146 valence electrons. The van der Waals surface area contributed by atoms with E-state index in [1.807, 2.05) is 13.0 Å². The first kappa shape index (κ1) is 19.6. The number of anilines is 1. The molecule has 0 saturated heterocycles. The van der Waals surface area contributed by atoms with Gasteiger partial charge in [-0.3, -0.25) is 4.79 Å². The molecule has 0 atom stereocenters. The van der Waals surface area contributed by atoms with Crippen molar-refractivity contribution in [3.8, 4) is 5.75 Å². The lowest BCUT2D eigenvalue weighted by atomic mass is 9.67. The number of benzene rings is 1. The van der Waals surface area contributed by atoms with Gasteiger partial charge in [0.1, 0.15) is 17.0 Å².